The molecule has 1 atom stereocenters. The lowest BCUT2D eigenvalue weighted by Crippen LogP contribution is -2.49. The third-order valence-electron chi connectivity index (χ3n) is 3.98. The van der Waals surface area contributed by atoms with Crippen LogP contribution in [0.1, 0.15) is 25.7 Å². The second kappa shape index (κ2) is 9.78. The van der Waals surface area contributed by atoms with Crippen LogP contribution in [0.3, 0.4) is 0 Å². The number of hydrogen-bond acceptors (Lipinski definition) is 3. The molecular formula is C18H22Cl2N2O2. The molecule has 1 aromatic rings. The van der Waals surface area contributed by atoms with Gasteiger partial charge in [0.15, 0.2) is 0 Å². The van der Waals surface area contributed by atoms with E-state index in [1.165, 1.54) is 0 Å². The summed E-state index contributed by atoms with van der Waals surface area (Å²) in [5.41, 5.74) is 0. The molecule has 0 aliphatic carbocycles. The highest BCUT2D eigenvalue weighted by atomic mass is 35.5. The van der Waals surface area contributed by atoms with E-state index in [1.807, 2.05) is 0 Å². The van der Waals surface area contributed by atoms with Crippen LogP contribution in [-0.2, 0) is 4.79 Å². The zero-order valence-electron chi connectivity index (χ0n) is 13.6. The van der Waals surface area contributed by atoms with Gasteiger partial charge in [-0.25, -0.2) is 0 Å². The molecule has 24 heavy (non-hydrogen) atoms. The summed E-state index contributed by atoms with van der Waals surface area (Å²) in [7, 11) is 0. The molecule has 0 spiro atoms. The fourth-order valence-electron chi connectivity index (χ4n) is 2.77. The minimum Gasteiger partial charge on any atom is -0.492 e. The maximum absolute atomic E-state index is 12.3. The standard InChI is InChI=1S/C18H22Cl2N2O2/c1-2-10-22-11-4-3-6-16(22)18(23)21-9-5-12-24-17-8-7-14(19)13-15(17)20/h1,7-8,13,16H,3-6,9-12H2,(H,21,23). The zero-order valence-corrected chi connectivity index (χ0v) is 15.1. The molecule has 1 aromatic carbocycles. The first-order chi connectivity index (χ1) is 11.6. The molecule has 0 saturated carbocycles. The monoisotopic (exact) mass is 368 g/mol. The van der Waals surface area contributed by atoms with Crippen LogP contribution in [0, 0.1) is 12.3 Å². The predicted octanol–water partition coefficient (Wildman–Crippen LogP) is 3.37. The number of rotatable bonds is 7. The van der Waals surface area contributed by atoms with Crippen LogP contribution in [0.2, 0.25) is 10.0 Å². The molecule has 1 heterocycles. The Morgan fingerprint density at radius 1 is 1.42 bits per heavy atom. The third kappa shape index (κ3) is 5.59. The Morgan fingerprint density at radius 3 is 3.00 bits per heavy atom. The third-order valence-corrected chi connectivity index (χ3v) is 4.51. The van der Waals surface area contributed by atoms with Crippen molar-refractivity contribution in [2.45, 2.75) is 31.7 Å². The van der Waals surface area contributed by atoms with Gasteiger partial charge in [-0.2, -0.15) is 0 Å². The van der Waals surface area contributed by atoms with Crippen LogP contribution < -0.4 is 10.1 Å². The smallest absolute Gasteiger partial charge is 0.237 e. The highest BCUT2D eigenvalue weighted by Crippen LogP contribution is 2.27. The Bertz CT molecular complexity index is 601. The van der Waals surface area contributed by atoms with Crippen LogP contribution in [0.15, 0.2) is 18.2 Å². The number of carbonyl (C=O) groups excluding carboxylic acids is 1. The fraction of sp³-hybridized carbons (Fsp3) is 0.500. The average molecular weight is 369 g/mol. The van der Waals surface area contributed by atoms with Crippen LogP contribution in [0.4, 0.5) is 0 Å². The van der Waals surface area contributed by atoms with Crippen molar-refractivity contribution in [2.24, 2.45) is 0 Å². The molecule has 0 bridgehead atoms. The normalized spacial score (nSPS) is 18.0. The quantitative estimate of drug-likeness (QED) is 0.592. The molecule has 1 saturated heterocycles. The van der Waals surface area contributed by atoms with Crippen LogP contribution in [-0.4, -0.2) is 43.1 Å². The number of likely N-dealkylation sites (tertiary alicyclic amines) is 1. The van der Waals surface area contributed by atoms with Crippen LogP contribution in [0.5, 0.6) is 5.75 Å². The zero-order chi connectivity index (χ0) is 17.4. The van der Waals surface area contributed by atoms with Crippen molar-refractivity contribution < 1.29 is 9.53 Å². The maximum Gasteiger partial charge on any atom is 0.237 e. The molecule has 0 aromatic heterocycles. The number of terminal acetylenes is 1. The van der Waals surface area contributed by atoms with Crippen molar-refractivity contribution in [3.63, 3.8) is 0 Å². The molecule has 1 unspecified atom stereocenters. The van der Waals surface area contributed by atoms with Gasteiger partial charge in [-0.05, 0) is 44.0 Å². The SMILES string of the molecule is C#CCN1CCCCC1C(=O)NCCCOc1ccc(Cl)cc1Cl. The van der Waals surface area contributed by atoms with Gasteiger partial charge in [-0.3, -0.25) is 9.69 Å². The van der Waals surface area contributed by atoms with E-state index in [0.717, 1.165) is 25.8 Å². The van der Waals surface area contributed by atoms with Gasteiger partial charge >= 0.3 is 0 Å². The van der Waals surface area contributed by atoms with Crippen molar-refractivity contribution in [3.8, 4) is 18.1 Å². The summed E-state index contributed by atoms with van der Waals surface area (Å²) in [5, 5.41) is 4.03. The van der Waals surface area contributed by atoms with Gasteiger partial charge in [0.2, 0.25) is 5.91 Å². The molecular weight excluding hydrogens is 347 g/mol. The van der Waals surface area contributed by atoms with Crippen molar-refractivity contribution >= 4 is 29.1 Å². The van der Waals surface area contributed by atoms with E-state index in [1.54, 1.807) is 18.2 Å². The summed E-state index contributed by atoms with van der Waals surface area (Å²) in [4.78, 5) is 14.4. The summed E-state index contributed by atoms with van der Waals surface area (Å²) in [5.74, 6) is 3.28. The number of nitrogens with one attached hydrogen (secondary N) is 1. The predicted molar refractivity (Wildman–Crippen MR) is 97.6 cm³/mol. The van der Waals surface area contributed by atoms with Gasteiger partial charge in [0, 0.05) is 11.6 Å². The Kier molecular flexibility index (Phi) is 7.71. The van der Waals surface area contributed by atoms with Crippen molar-refractivity contribution in [1.29, 1.82) is 0 Å². The summed E-state index contributed by atoms with van der Waals surface area (Å²) in [6.07, 6.45) is 9.11. The Morgan fingerprint density at radius 2 is 2.25 bits per heavy atom. The number of benzene rings is 1. The summed E-state index contributed by atoms with van der Waals surface area (Å²) in [6, 6.07) is 5.00. The largest absolute Gasteiger partial charge is 0.492 e. The number of hydrogen-bond donors (Lipinski definition) is 1. The van der Waals surface area contributed by atoms with E-state index >= 15 is 0 Å². The number of ether oxygens (including phenoxy) is 1. The van der Waals surface area contributed by atoms with E-state index < -0.39 is 0 Å². The minimum absolute atomic E-state index is 0.0504. The lowest BCUT2D eigenvalue weighted by molar-refractivity contribution is -0.127. The van der Waals surface area contributed by atoms with Gasteiger partial charge in [0.05, 0.1) is 24.2 Å². The molecule has 130 valence electrons. The van der Waals surface area contributed by atoms with Gasteiger partial charge in [-0.15, -0.1) is 6.42 Å². The highest BCUT2D eigenvalue weighted by Gasteiger charge is 2.27. The summed E-state index contributed by atoms with van der Waals surface area (Å²) < 4.78 is 5.60. The van der Waals surface area contributed by atoms with Crippen molar-refractivity contribution in [3.05, 3.63) is 28.2 Å². The molecule has 6 heteroatoms. The van der Waals surface area contributed by atoms with Gasteiger partial charge < -0.3 is 10.1 Å². The molecule has 1 N–H and O–H groups in total. The van der Waals surface area contributed by atoms with E-state index in [4.69, 9.17) is 34.4 Å². The molecule has 1 aliphatic heterocycles. The fourth-order valence-corrected chi connectivity index (χ4v) is 3.23. The topological polar surface area (TPSA) is 41.6 Å². The lowest BCUT2D eigenvalue weighted by atomic mass is 10.0. The highest BCUT2D eigenvalue weighted by molar-refractivity contribution is 6.35. The Hall–Kier alpha value is -1.41. The van der Waals surface area contributed by atoms with E-state index in [0.29, 0.717) is 41.9 Å². The number of carbonyl (C=O) groups is 1. The molecule has 0 radical (unpaired) electrons. The molecule has 1 aliphatic rings. The number of halogens is 2. The van der Waals surface area contributed by atoms with Crippen molar-refractivity contribution in [2.75, 3.05) is 26.2 Å². The number of nitrogens with zero attached hydrogens (tertiary/aromatic N) is 1. The minimum atomic E-state index is -0.110. The Balaban J connectivity index is 1.69. The molecule has 2 rings (SSSR count). The molecule has 1 fully saturated rings. The van der Waals surface area contributed by atoms with E-state index in [9.17, 15) is 4.79 Å². The van der Waals surface area contributed by atoms with Gasteiger partial charge in [0.25, 0.3) is 0 Å². The van der Waals surface area contributed by atoms with E-state index in [-0.39, 0.29) is 11.9 Å². The van der Waals surface area contributed by atoms with Gasteiger partial charge in [-0.1, -0.05) is 35.5 Å². The maximum atomic E-state index is 12.3. The first kappa shape index (κ1) is 18.9. The summed E-state index contributed by atoms with van der Waals surface area (Å²) >= 11 is 11.9. The average Bonchev–Trinajstić information content (AvgIpc) is 2.57. The second-order valence-corrected chi connectivity index (χ2v) is 6.60. The van der Waals surface area contributed by atoms with Crippen LogP contribution >= 0.6 is 23.2 Å². The first-order valence-electron chi connectivity index (χ1n) is 8.15. The lowest BCUT2D eigenvalue weighted by Gasteiger charge is -2.33. The summed E-state index contributed by atoms with van der Waals surface area (Å²) in [6.45, 7) is 2.45. The molecule has 1 amide bonds. The second-order valence-electron chi connectivity index (χ2n) is 5.75. The van der Waals surface area contributed by atoms with Gasteiger partial charge in [0.1, 0.15) is 5.75 Å². The van der Waals surface area contributed by atoms with Crippen LogP contribution in [0.25, 0.3) is 0 Å². The Labute approximate surface area is 153 Å². The number of amides is 1. The number of piperidine rings is 1. The van der Waals surface area contributed by atoms with E-state index in [2.05, 4.69) is 16.1 Å². The van der Waals surface area contributed by atoms with Crippen molar-refractivity contribution in [1.82, 2.24) is 10.2 Å². The first-order valence-corrected chi connectivity index (χ1v) is 8.90. The molecule has 4 nitrogen and oxygen atoms in total.